The first-order valence-electron chi connectivity index (χ1n) is 12.4. The molecular formula is C29H20Cl2F2IN3O5S2. The molecule has 44 heavy (non-hydrogen) atoms. The van der Waals surface area contributed by atoms with Crippen molar-refractivity contribution in [2.45, 2.75) is 11.4 Å². The van der Waals surface area contributed by atoms with Gasteiger partial charge < -0.3 is 14.2 Å². The highest BCUT2D eigenvalue weighted by atomic mass is 127. The summed E-state index contributed by atoms with van der Waals surface area (Å²) in [4.78, 5) is -0.713. The summed E-state index contributed by atoms with van der Waals surface area (Å²) in [5.74, 6) is -0.731. The molecule has 0 saturated carbocycles. The molecule has 0 spiro atoms. The summed E-state index contributed by atoms with van der Waals surface area (Å²) >= 11 is 15.8. The second kappa shape index (κ2) is 13.4. The third kappa shape index (κ3) is 6.56. The second-order valence-electron chi connectivity index (χ2n) is 8.97. The van der Waals surface area contributed by atoms with E-state index in [1.807, 2.05) is 22.6 Å². The van der Waals surface area contributed by atoms with E-state index < -0.39 is 26.6 Å². The van der Waals surface area contributed by atoms with Crippen molar-refractivity contribution in [2.24, 2.45) is 0 Å². The molecule has 0 N–H and O–H groups in total. The normalized spacial score (nSPS) is 11.3. The van der Waals surface area contributed by atoms with Crippen molar-refractivity contribution in [3.8, 4) is 34.1 Å². The lowest BCUT2D eigenvalue weighted by Gasteiger charge is -2.23. The summed E-state index contributed by atoms with van der Waals surface area (Å²) in [6.07, 6.45) is 0. The third-order valence-corrected chi connectivity index (χ3v) is 10.4. The molecule has 0 unspecified atom stereocenters. The van der Waals surface area contributed by atoms with E-state index in [1.54, 1.807) is 42.5 Å². The van der Waals surface area contributed by atoms with Gasteiger partial charge in [0.15, 0.2) is 0 Å². The maximum absolute atomic E-state index is 15.7. The number of sulfonamides is 1. The molecule has 0 aliphatic carbocycles. The molecule has 228 valence electrons. The summed E-state index contributed by atoms with van der Waals surface area (Å²) in [5, 5.41) is 7.73. The highest BCUT2D eigenvalue weighted by Crippen LogP contribution is 2.41. The van der Waals surface area contributed by atoms with Gasteiger partial charge in [0.1, 0.15) is 45.0 Å². The van der Waals surface area contributed by atoms with E-state index in [1.165, 1.54) is 31.9 Å². The average molecular weight is 790 g/mol. The molecule has 15 heteroatoms. The van der Waals surface area contributed by atoms with Crippen molar-refractivity contribution in [1.29, 1.82) is 0 Å². The second-order valence-corrected chi connectivity index (χ2v) is 13.6. The number of rotatable bonds is 10. The Labute approximate surface area is 279 Å². The van der Waals surface area contributed by atoms with Crippen molar-refractivity contribution in [1.82, 2.24) is 10.2 Å². The number of ether oxygens (including phenoxy) is 3. The molecule has 1 heterocycles. The molecule has 1 aromatic heterocycles. The predicted molar refractivity (Wildman–Crippen MR) is 174 cm³/mol. The van der Waals surface area contributed by atoms with Crippen LogP contribution in [-0.2, 0) is 16.6 Å². The minimum absolute atomic E-state index is 0.00453. The molecule has 0 amide bonds. The van der Waals surface area contributed by atoms with Crippen LogP contribution in [0.25, 0.3) is 11.1 Å². The number of anilines is 1. The molecule has 0 aliphatic rings. The standard InChI is InChI=1S/C29H20Cl2F2IN3O5S2/c1-40-17-8-7-16(25(9-17)41-2)14-37(29-36-35-15-43-29)44(38,39)28-12-21(31)26(13-23(28)33)42-27-10-19(20(30)11-24(27)34)18-5-3-4-6-22(18)32/h3-13,15H,14H2,1-2H3. The summed E-state index contributed by atoms with van der Waals surface area (Å²) in [6.45, 7) is -0.262. The number of hydrogen-bond acceptors (Lipinski definition) is 8. The smallest absolute Gasteiger partial charge is 0.269 e. The van der Waals surface area contributed by atoms with Crippen LogP contribution in [0.15, 0.2) is 77.1 Å². The van der Waals surface area contributed by atoms with Gasteiger partial charge in [-0.3, -0.25) is 0 Å². The average Bonchev–Trinajstić information content (AvgIpc) is 3.53. The number of halogens is 5. The lowest BCUT2D eigenvalue weighted by Crippen LogP contribution is -2.31. The van der Waals surface area contributed by atoms with Crippen LogP contribution in [0.5, 0.6) is 23.0 Å². The van der Waals surface area contributed by atoms with Crippen LogP contribution in [0.1, 0.15) is 5.56 Å². The molecule has 5 aromatic rings. The Morgan fingerprint density at radius 2 is 1.66 bits per heavy atom. The Balaban J connectivity index is 1.52. The molecule has 4 aromatic carbocycles. The van der Waals surface area contributed by atoms with Gasteiger partial charge in [-0.05, 0) is 59.0 Å². The first kappa shape index (κ1) is 32.2. The Kier molecular flexibility index (Phi) is 9.80. The van der Waals surface area contributed by atoms with Gasteiger partial charge in [0.2, 0.25) is 5.13 Å². The van der Waals surface area contributed by atoms with Crippen LogP contribution >= 0.6 is 57.1 Å². The van der Waals surface area contributed by atoms with Gasteiger partial charge in [-0.2, -0.15) is 0 Å². The molecular weight excluding hydrogens is 770 g/mol. The van der Waals surface area contributed by atoms with Crippen LogP contribution in [0.3, 0.4) is 0 Å². The summed E-state index contributed by atoms with van der Waals surface area (Å²) in [7, 11) is -1.67. The van der Waals surface area contributed by atoms with Crippen molar-refractivity contribution in [3.05, 3.63) is 103 Å². The Morgan fingerprint density at radius 1 is 0.886 bits per heavy atom. The van der Waals surface area contributed by atoms with Crippen LogP contribution in [0, 0.1) is 15.2 Å². The highest BCUT2D eigenvalue weighted by Gasteiger charge is 2.32. The largest absolute Gasteiger partial charge is 0.497 e. The number of benzene rings is 4. The van der Waals surface area contributed by atoms with E-state index in [0.717, 1.165) is 27.8 Å². The van der Waals surface area contributed by atoms with Gasteiger partial charge in [0.05, 0.1) is 29.4 Å². The number of nitrogens with zero attached hydrogens (tertiary/aromatic N) is 3. The van der Waals surface area contributed by atoms with E-state index in [0.29, 0.717) is 26.2 Å². The summed E-state index contributed by atoms with van der Waals surface area (Å²) in [6, 6.07) is 15.8. The van der Waals surface area contributed by atoms with Crippen LogP contribution in [0.4, 0.5) is 13.9 Å². The molecule has 0 radical (unpaired) electrons. The van der Waals surface area contributed by atoms with Gasteiger partial charge in [0.25, 0.3) is 10.0 Å². The van der Waals surface area contributed by atoms with Crippen molar-refractivity contribution in [2.75, 3.05) is 18.5 Å². The number of aromatic nitrogens is 2. The van der Waals surface area contributed by atoms with E-state index in [4.69, 9.17) is 37.4 Å². The highest BCUT2D eigenvalue weighted by molar-refractivity contribution is 14.1. The van der Waals surface area contributed by atoms with Gasteiger partial charge in [-0.25, -0.2) is 21.5 Å². The van der Waals surface area contributed by atoms with Gasteiger partial charge in [0, 0.05) is 33.8 Å². The summed E-state index contributed by atoms with van der Waals surface area (Å²) < 4.78 is 76.1. The molecule has 0 saturated heterocycles. The molecule has 0 atom stereocenters. The van der Waals surface area contributed by atoms with Crippen LogP contribution in [-0.4, -0.2) is 32.8 Å². The number of methoxy groups -OCH3 is 2. The zero-order valence-electron chi connectivity index (χ0n) is 22.7. The Hall–Kier alpha value is -3.24. The lowest BCUT2D eigenvalue weighted by atomic mass is 10.0. The van der Waals surface area contributed by atoms with Gasteiger partial charge in [-0.15, -0.1) is 10.2 Å². The molecule has 8 nitrogen and oxygen atoms in total. The van der Waals surface area contributed by atoms with Crippen molar-refractivity contribution >= 4 is 72.3 Å². The van der Waals surface area contributed by atoms with E-state index in [2.05, 4.69) is 10.2 Å². The first-order chi connectivity index (χ1) is 21.0. The van der Waals surface area contributed by atoms with E-state index in [9.17, 15) is 12.8 Å². The van der Waals surface area contributed by atoms with Crippen LogP contribution < -0.4 is 18.5 Å². The quantitative estimate of drug-likeness (QED) is 0.131. The molecule has 0 fully saturated rings. The molecule has 0 bridgehead atoms. The Morgan fingerprint density at radius 3 is 2.34 bits per heavy atom. The SMILES string of the molecule is COc1ccc(CN(c2nncs2)S(=O)(=O)c2cc(Cl)c(Oc3cc(-c4ccccc4F)c(Cl)cc3I)cc2F)c(OC)c1. The minimum Gasteiger partial charge on any atom is -0.497 e. The van der Waals surface area contributed by atoms with Gasteiger partial charge in [-0.1, -0.05) is 52.7 Å². The minimum atomic E-state index is -4.59. The molecule has 0 aliphatic heterocycles. The van der Waals surface area contributed by atoms with Crippen molar-refractivity contribution < 1.29 is 31.4 Å². The molecule has 5 rings (SSSR count). The monoisotopic (exact) mass is 789 g/mol. The maximum Gasteiger partial charge on any atom is 0.269 e. The van der Waals surface area contributed by atoms with Crippen LogP contribution in [0.2, 0.25) is 10.0 Å². The topological polar surface area (TPSA) is 90.9 Å². The predicted octanol–water partition coefficient (Wildman–Crippen LogP) is 8.60. The number of hydrogen-bond donors (Lipinski definition) is 0. The van der Waals surface area contributed by atoms with Gasteiger partial charge >= 0.3 is 0 Å². The van der Waals surface area contributed by atoms with E-state index in [-0.39, 0.29) is 38.8 Å². The first-order valence-corrected chi connectivity index (χ1v) is 16.6. The fourth-order valence-corrected chi connectivity index (χ4v) is 7.73. The summed E-state index contributed by atoms with van der Waals surface area (Å²) in [5.41, 5.74) is 2.40. The zero-order chi connectivity index (χ0) is 31.6. The lowest BCUT2D eigenvalue weighted by molar-refractivity contribution is 0.391. The van der Waals surface area contributed by atoms with Crippen molar-refractivity contribution in [3.63, 3.8) is 0 Å². The maximum atomic E-state index is 15.7. The fraction of sp³-hybridized carbons (Fsp3) is 0.103. The third-order valence-electron chi connectivity index (χ3n) is 6.33. The Bertz CT molecular complexity index is 1950. The van der Waals surface area contributed by atoms with E-state index >= 15 is 4.39 Å². The zero-order valence-corrected chi connectivity index (χ0v) is 28.0. The fourth-order valence-electron chi connectivity index (χ4n) is 4.19.